The Kier molecular flexibility index (Phi) is 3.66. The first-order valence-electron chi connectivity index (χ1n) is 3.75. The van der Waals surface area contributed by atoms with Gasteiger partial charge in [0.1, 0.15) is 22.6 Å². The number of benzene rings is 1. The van der Waals surface area contributed by atoms with Crippen molar-refractivity contribution in [2.45, 2.75) is 6.92 Å². The molecule has 0 aliphatic heterocycles. The number of halogens is 1. The van der Waals surface area contributed by atoms with Gasteiger partial charge in [-0.1, -0.05) is 12.0 Å². The maximum absolute atomic E-state index is 9.29. The number of aromatic hydroxyl groups is 1. The molecular formula is C10H9BrO2. The first-order chi connectivity index (χ1) is 6.25. The van der Waals surface area contributed by atoms with Crippen molar-refractivity contribution in [1.29, 1.82) is 0 Å². The summed E-state index contributed by atoms with van der Waals surface area (Å²) in [5.41, 5.74) is 0. The molecule has 1 aromatic carbocycles. The van der Waals surface area contributed by atoms with E-state index in [1.165, 1.54) is 0 Å². The first-order valence-corrected chi connectivity index (χ1v) is 4.55. The summed E-state index contributed by atoms with van der Waals surface area (Å²) in [5, 5.41) is 9.29. The fourth-order valence-corrected chi connectivity index (χ4v) is 1.18. The summed E-state index contributed by atoms with van der Waals surface area (Å²) >= 11 is 3.21. The molecule has 3 heteroatoms. The highest BCUT2D eigenvalue weighted by molar-refractivity contribution is 9.10. The predicted molar refractivity (Wildman–Crippen MR) is 54.8 cm³/mol. The molecule has 68 valence electrons. The number of hydrogen-bond acceptors (Lipinski definition) is 2. The van der Waals surface area contributed by atoms with Crippen molar-refractivity contribution in [3.05, 3.63) is 22.7 Å². The van der Waals surface area contributed by atoms with E-state index in [4.69, 9.17) is 4.74 Å². The van der Waals surface area contributed by atoms with Gasteiger partial charge in [0, 0.05) is 0 Å². The van der Waals surface area contributed by atoms with Gasteiger partial charge in [-0.2, -0.15) is 0 Å². The lowest BCUT2D eigenvalue weighted by Gasteiger charge is -2.05. The lowest BCUT2D eigenvalue weighted by Crippen LogP contribution is -1.94. The van der Waals surface area contributed by atoms with Crippen LogP contribution in [-0.4, -0.2) is 11.7 Å². The zero-order valence-electron chi connectivity index (χ0n) is 7.17. The summed E-state index contributed by atoms with van der Waals surface area (Å²) < 4.78 is 5.84. The number of rotatable bonds is 2. The van der Waals surface area contributed by atoms with Crippen LogP contribution < -0.4 is 4.74 Å². The lowest BCUT2D eigenvalue weighted by molar-refractivity contribution is 0.363. The molecule has 0 aliphatic carbocycles. The summed E-state index contributed by atoms with van der Waals surface area (Å²) in [5.74, 6) is 6.26. The van der Waals surface area contributed by atoms with Crippen LogP contribution in [-0.2, 0) is 0 Å². The second-order valence-electron chi connectivity index (χ2n) is 2.30. The highest BCUT2D eigenvalue weighted by atomic mass is 79.9. The van der Waals surface area contributed by atoms with E-state index in [9.17, 15) is 5.11 Å². The highest BCUT2D eigenvalue weighted by Crippen LogP contribution is 2.32. The van der Waals surface area contributed by atoms with Gasteiger partial charge in [-0.25, -0.2) is 0 Å². The molecule has 0 heterocycles. The van der Waals surface area contributed by atoms with Crippen molar-refractivity contribution in [3.8, 4) is 23.3 Å². The number of phenolic OH excluding ortho intramolecular Hbond substituents is 1. The molecule has 0 amide bonds. The van der Waals surface area contributed by atoms with E-state index in [0.29, 0.717) is 16.8 Å². The summed E-state index contributed by atoms with van der Waals surface area (Å²) in [4.78, 5) is 0. The van der Waals surface area contributed by atoms with Crippen molar-refractivity contribution in [2.75, 3.05) is 6.61 Å². The van der Waals surface area contributed by atoms with Crippen LogP contribution in [0.15, 0.2) is 22.7 Å². The molecule has 0 bridgehead atoms. The maximum Gasteiger partial charge on any atom is 0.149 e. The molecule has 1 aromatic rings. The van der Waals surface area contributed by atoms with Crippen molar-refractivity contribution in [1.82, 2.24) is 0 Å². The van der Waals surface area contributed by atoms with Crippen molar-refractivity contribution in [3.63, 3.8) is 0 Å². The average molecular weight is 241 g/mol. The Morgan fingerprint density at radius 3 is 3.00 bits per heavy atom. The van der Waals surface area contributed by atoms with Crippen molar-refractivity contribution in [2.24, 2.45) is 0 Å². The molecule has 0 radical (unpaired) electrons. The minimum atomic E-state index is 0.168. The molecule has 0 spiro atoms. The fourth-order valence-electron chi connectivity index (χ4n) is 0.797. The minimum absolute atomic E-state index is 0.168. The van der Waals surface area contributed by atoms with Gasteiger partial charge in [-0.15, -0.1) is 5.92 Å². The van der Waals surface area contributed by atoms with Crippen LogP contribution in [0.5, 0.6) is 11.5 Å². The Hall–Kier alpha value is -1.14. The van der Waals surface area contributed by atoms with Gasteiger partial charge in [0.15, 0.2) is 0 Å². The fraction of sp³-hybridized carbons (Fsp3) is 0.200. The van der Waals surface area contributed by atoms with Gasteiger partial charge in [-0.05, 0) is 35.0 Å². The average Bonchev–Trinajstić information content (AvgIpc) is 2.13. The Balaban J connectivity index is 2.75. The quantitative estimate of drug-likeness (QED) is 0.806. The van der Waals surface area contributed by atoms with Gasteiger partial charge in [0.05, 0.1) is 0 Å². The van der Waals surface area contributed by atoms with E-state index in [0.717, 1.165) is 0 Å². The molecular weight excluding hydrogens is 232 g/mol. The molecule has 2 nitrogen and oxygen atoms in total. The van der Waals surface area contributed by atoms with E-state index in [1.54, 1.807) is 25.1 Å². The molecule has 0 aliphatic rings. The van der Waals surface area contributed by atoms with Gasteiger partial charge < -0.3 is 9.84 Å². The number of hydrogen-bond donors (Lipinski definition) is 1. The molecule has 0 fully saturated rings. The molecule has 0 atom stereocenters. The zero-order chi connectivity index (χ0) is 9.68. The maximum atomic E-state index is 9.29. The Labute approximate surface area is 85.7 Å². The van der Waals surface area contributed by atoms with Crippen LogP contribution >= 0.6 is 15.9 Å². The molecule has 0 aromatic heterocycles. The van der Waals surface area contributed by atoms with Crippen LogP contribution in [0, 0.1) is 11.8 Å². The van der Waals surface area contributed by atoms with Gasteiger partial charge in [0.25, 0.3) is 0 Å². The molecule has 0 saturated carbocycles. The largest absolute Gasteiger partial charge is 0.507 e. The van der Waals surface area contributed by atoms with Gasteiger partial charge in [0.2, 0.25) is 0 Å². The molecule has 0 saturated heterocycles. The smallest absolute Gasteiger partial charge is 0.149 e. The lowest BCUT2D eigenvalue weighted by atomic mass is 10.3. The molecule has 1 rings (SSSR count). The number of phenols is 1. The van der Waals surface area contributed by atoms with E-state index in [-0.39, 0.29) is 5.75 Å². The van der Waals surface area contributed by atoms with Crippen LogP contribution in [0.1, 0.15) is 6.92 Å². The minimum Gasteiger partial charge on any atom is -0.507 e. The van der Waals surface area contributed by atoms with Crippen LogP contribution in [0.3, 0.4) is 0 Å². The first kappa shape index (κ1) is 9.94. The van der Waals surface area contributed by atoms with E-state index in [2.05, 4.69) is 27.8 Å². The third kappa shape index (κ3) is 2.67. The SMILES string of the molecule is CC#CCOc1cccc(O)c1Br. The van der Waals surface area contributed by atoms with E-state index >= 15 is 0 Å². The molecule has 1 N–H and O–H groups in total. The monoisotopic (exact) mass is 240 g/mol. The Morgan fingerprint density at radius 2 is 2.31 bits per heavy atom. The van der Waals surface area contributed by atoms with Crippen LogP contribution in [0.25, 0.3) is 0 Å². The number of ether oxygens (including phenoxy) is 1. The second kappa shape index (κ2) is 4.78. The van der Waals surface area contributed by atoms with Crippen molar-refractivity contribution >= 4 is 15.9 Å². The summed E-state index contributed by atoms with van der Waals surface area (Å²) in [6.45, 7) is 2.08. The van der Waals surface area contributed by atoms with E-state index in [1.807, 2.05) is 0 Å². The van der Waals surface area contributed by atoms with Crippen LogP contribution in [0.4, 0.5) is 0 Å². The molecule has 0 unspecified atom stereocenters. The predicted octanol–water partition coefficient (Wildman–Crippen LogP) is 2.56. The normalized spacial score (nSPS) is 8.77. The second-order valence-corrected chi connectivity index (χ2v) is 3.10. The van der Waals surface area contributed by atoms with Gasteiger partial charge >= 0.3 is 0 Å². The summed E-state index contributed by atoms with van der Waals surface area (Å²) in [6.07, 6.45) is 0. The topological polar surface area (TPSA) is 29.5 Å². The molecule has 13 heavy (non-hydrogen) atoms. The third-order valence-electron chi connectivity index (χ3n) is 1.42. The summed E-state index contributed by atoms with van der Waals surface area (Å²) in [7, 11) is 0. The van der Waals surface area contributed by atoms with Gasteiger partial charge in [-0.3, -0.25) is 0 Å². The summed E-state index contributed by atoms with van der Waals surface area (Å²) in [6, 6.07) is 5.07. The third-order valence-corrected chi connectivity index (χ3v) is 2.22. The Morgan fingerprint density at radius 1 is 1.54 bits per heavy atom. The zero-order valence-corrected chi connectivity index (χ0v) is 8.76. The Bertz CT molecular complexity index is 350. The van der Waals surface area contributed by atoms with Crippen LogP contribution in [0.2, 0.25) is 0 Å². The standard InChI is InChI=1S/C10H9BrO2/c1-2-3-7-13-9-6-4-5-8(12)10(9)11/h4-6,12H,7H2,1H3. The van der Waals surface area contributed by atoms with E-state index < -0.39 is 0 Å². The highest BCUT2D eigenvalue weighted by Gasteiger charge is 2.03. The van der Waals surface area contributed by atoms with Crippen molar-refractivity contribution < 1.29 is 9.84 Å².